The molecule has 0 aromatic heterocycles. The van der Waals surface area contributed by atoms with Gasteiger partial charge in [-0.3, -0.25) is 5.09 Å². The Balaban J connectivity index is 2.56. The van der Waals surface area contributed by atoms with E-state index < -0.39 is 0 Å². The van der Waals surface area contributed by atoms with Crippen LogP contribution in [-0.4, -0.2) is 6.54 Å². The minimum atomic E-state index is 0.394. The summed E-state index contributed by atoms with van der Waals surface area (Å²) in [6.45, 7) is 5.60. The molecule has 0 aliphatic carbocycles. The van der Waals surface area contributed by atoms with Gasteiger partial charge in [0.05, 0.1) is 0 Å². The van der Waals surface area contributed by atoms with Crippen LogP contribution in [0, 0.1) is 5.41 Å². The van der Waals surface area contributed by atoms with E-state index in [2.05, 4.69) is 30.8 Å². The normalized spacial score (nSPS) is 28.8. The average molecular weight is 129 g/mol. The molecule has 0 fully saturated rings. The molecule has 1 unspecified atom stereocenters. The molecule has 0 spiro atoms. The highest BCUT2D eigenvalue weighted by molar-refractivity contribution is 7.39. The topological polar surface area (TPSA) is 12.0 Å². The van der Waals surface area contributed by atoms with Gasteiger partial charge in [-0.15, -0.1) is 0 Å². The van der Waals surface area contributed by atoms with Crippen LogP contribution < -0.4 is 5.09 Å². The SMILES string of the molecule is CC1(C)C=CPNC1. The van der Waals surface area contributed by atoms with E-state index in [1.807, 2.05) is 0 Å². The van der Waals surface area contributed by atoms with Gasteiger partial charge in [-0.05, 0) is 14.1 Å². The van der Waals surface area contributed by atoms with Crippen LogP contribution in [0.2, 0.25) is 0 Å². The van der Waals surface area contributed by atoms with Gasteiger partial charge in [0.2, 0.25) is 0 Å². The molecule has 0 aromatic rings. The van der Waals surface area contributed by atoms with E-state index in [0.29, 0.717) is 5.41 Å². The minimum Gasteiger partial charge on any atom is -0.294 e. The fourth-order valence-corrected chi connectivity index (χ4v) is 1.87. The Morgan fingerprint density at radius 1 is 1.62 bits per heavy atom. The van der Waals surface area contributed by atoms with Crippen molar-refractivity contribution >= 4 is 8.73 Å². The smallest absolute Gasteiger partial charge is 0.00767 e. The van der Waals surface area contributed by atoms with Gasteiger partial charge in [0.15, 0.2) is 0 Å². The van der Waals surface area contributed by atoms with E-state index in [1.165, 1.54) is 0 Å². The summed E-state index contributed by atoms with van der Waals surface area (Å²) in [5.41, 5.74) is 0.394. The van der Waals surface area contributed by atoms with Crippen LogP contribution in [0.4, 0.5) is 0 Å². The summed E-state index contributed by atoms with van der Waals surface area (Å²) in [4.78, 5) is 0. The molecule has 0 radical (unpaired) electrons. The van der Waals surface area contributed by atoms with Crippen LogP contribution in [0.1, 0.15) is 13.8 Å². The van der Waals surface area contributed by atoms with Crippen molar-refractivity contribution < 1.29 is 0 Å². The molecule has 0 bridgehead atoms. The van der Waals surface area contributed by atoms with Gasteiger partial charge in [0.1, 0.15) is 0 Å². The quantitative estimate of drug-likeness (QED) is 0.491. The minimum absolute atomic E-state index is 0.394. The zero-order valence-corrected chi connectivity index (χ0v) is 6.36. The number of nitrogens with one attached hydrogen (secondary N) is 1. The number of hydrogen-bond acceptors (Lipinski definition) is 1. The van der Waals surface area contributed by atoms with E-state index >= 15 is 0 Å². The van der Waals surface area contributed by atoms with Crippen molar-refractivity contribution in [2.45, 2.75) is 13.8 Å². The zero-order chi connectivity index (χ0) is 6.04. The van der Waals surface area contributed by atoms with Crippen molar-refractivity contribution in [1.82, 2.24) is 5.09 Å². The second-order valence-electron chi connectivity index (χ2n) is 2.82. The van der Waals surface area contributed by atoms with Gasteiger partial charge >= 0.3 is 0 Å². The van der Waals surface area contributed by atoms with Gasteiger partial charge in [0.25, 0.3) is 0 Å². The molecule has 0 saturated carbocycles. The van der Waals surface area contributed by atoms with Gasteiger partial charge in [0, 0.05) is 6.54 Å². The molecule has 1 rings (SSSR count). The molecule has 0 amide bonds. The lowest BCUT2D eigenvalue weighted by molar-refractivity contribution is 0.475. The molecular weight excluding hydrogens is 117 g/mol. The van der Waals surface area contributed by atoms with Crippen LogP contribution in [0.25, 0.3) is 0 Å². The van der Waals surface area contributed by atoms with Crippen LogP contribution in [0.5, 0.6) is 0 Å². The first-order chi connectivity index (χ1) is 3.71. The molecule has 2 heteroatoms. The largest absolute Gasteiger partial charge is 0.294 e. The molecular formula is C6H12NP. The second kappa shape index (κ2) is 2.16. The van der Waals surface area contributed by atoms with Crippen LogP contribution in [0.15, 0.2) is 11.9 Å². The number of rotatable bonds is 0. The van der Waals surface area contributed by atoms with E-state index in [1.54, 1.807) is 0 Å². The molecule has 0 saturated heterocycles. The molecule has 46 valence electrons. The molecule has 8 heavy (non-hydrogen) atoms. The van der Waals surface area contributed by atoms with Crippen molar-refractivity contribution in [3.8, 4) is 0 Å². The van der Waals surface area contributed by atoms with Crippen molar-refractivity contribution in [2.75, 3.05) is 6.54 Å². The van der Waals surface area contributed by atoms with Crippen molar-refractivity contribution in [3.05, 3.63) is 11.9 Å². The standard InChI is InChI=1S/C6H12NP/c1-6(2)3-4-8-7-5-6/h3-4,7-8H,5H2,1-2H3. The predicted octanol–water partition coefficient (Wildman–Crippen LogP) is 1.72. The Morgan fingerprint density at radius 2 is 2.38 bits per heavy atom. The molecule has 1 N–H and O–H groups in total. The Kier molecular flexibility index (Phi) is 1.69. The highest BCUT2D eigenvalue weighted by Gasteiger charge is 2.14. The first-order valence-corrected chi connectivity index (χ1v) is 3.95. The summed E-state index contributed by atoms with van der Waals surface area (Å²) < 4.78 is 0. The zero-order valence-electron chi connectivity index (χ0n) is 5.36. The molecule has 1 nitrogen and oxygen atoms in total. The summed E-state index contributed by atoms with van der Waals surface area (Å²) in [5, 5.41) is 3.32. The van der Waals surface area contributed by atoms with E-state index in [4.69, 9.17) is 0 Å². The van der Waals surface area contributed by atoms with Crippen LogP contribution in [0.3, 0.4) is 0 Å². The maximum absolute atomic E-state index is 3.32. The lowest BCUT2D eigenvalue weighted by Crippen LogP contribution is -2.24. The third-order valence-corrected chi connectivity index (χ3v) is 1.98. The Morgan fingerprint density at radius 3 is 2.62 bits per heavy atom. The summed E-state index contributed by atoms with van der Waals surface area (Å²) in [6, 6.07) is 0. The summed E-state index contributed by atoms with van der Waals surface area (Å²) in [7, 11) is 0.838. The Hall–Kier alpha value is 0.130. The van der Waals surface area contributed by atoms with Crippen LogP contribution in [-0.2, 0) is 0 Å². The van der Waals surface area contributed by atoms with Gasteiger partial charge in [-0.25, -0.2) is 0 Å². The highest BCUT2D eigenvalue weighted by Crippen LogP contribution is 2.24. The fraction of sp³-hybridized carbons (Fsp3) is 0.667. The van der Waals surface area contributed by atoms with Crippen molar-refractivity contribution in [3.63, 3.8) is 0 Å². The van der Waals surface area contributed by atoms with Gasteiger partial charge < -0.3 is 0 Å². The van der Waals surface area contributed by atoms with E-state index in [9.17, 15) is 0 Å². The first kappa shape index (κ1) is 6.25. The van der Waals surface area contributed by atoms with Crippen molar-refractivity contribution in [2.24, 2.45) is 5.41 Å². The fourth-order valence-electron chi connectivity index (χ4n) is 0.664. The monoisotopic (exact) mass is 129 g/mol. The van der Waals surface area contributed by atoms with E-state index in [-0.39, 0.29) is 0 Å². The van der Waals surface area contributed by atoms with Crippen LogP contribution >= 0.6 is 8.73 Å². The van der Waals surface area contributed by atoms with E-state index in [0.717, 1.165) is 15.3 Å². The molecule has 1 heterocycles. The molecule has 1 aliphatic heterocycles. The third-order valence-electron chi connectivity index (χ3n) is 1.26. The summed E-state index contributed by atoms with van der Waals surface area (Å²) in [5.74, 6) is 2.21. The summed E-state index contributed by atoms with van der Waals surface area (Å²) >= 11 is 0. The Labute approximate surface area is 52.4 Å². The van der Waals surface area contributed by atoms with Crippen molar-refractivity contribution in [1.29, 1.82) is 0 Å². The predicted molar refractivity (Wildman–Crippen MR) is 39.2 cm³/mol. The third kappa shape index (κ3) is 1.57. The first-order valence-electron chi connectivity index (χ1n) is 2.87. The Bertz CT molecular complexity index is 107. The lowest BCUT2D eigenvalue weighted by atomic mass is 9.94. The highest BCUT2D eigenvalue weighted by atomic mass is 31.1. The molecule has 0 aromatic carbocycles. The number of hydrogen-bond donors (Lipinski definition) is 1. The molecule has 1 aliphatic rings. The van der Waals surface area contributed by atoms with Gasteiger partial charge in [-0.1, -0.05) is 25.7 Å². The maximum atomic E-state index is 3.32. The maximum Gasteiger partial charge on any atom is 0.00767 e. The summed E-state index contributed by atoms with van der Waals surface area (Å²) in [6.07, 6.45) is 2.28. The van der Waals surface area contributed by atoms with Gasteiger partial charge in [-0.2, -0.15) is 0 Å². The second-order valence-corrected chi connectivity index (χ2v) is 3.80. The lowest BCUT2D eigenvalue weighted by Gasteiger charge is -2.23. The molecule has 1 atom stereocenters. The average Bonchev–Trinajstić information content (AvgIpc) is 1.65.